The number of likely N-dealkylation sites (N-methyl/N-ethyl adjacent to an activating group) is 1. The third-order valence-corrected chi connectivity index (χ3v) is 4.42. The van der Waals surface area contributed by atoms with E-state index in [0.29, 0.717) is 24.6 Å². The molecule has 0 spiro atoms. The van der Waals surface area contributed by atoms with Gasteiger partial charge in [-0.3, -0.25) is 4.79 Å². The molecule has 0 heterocycles. The molecule has 0 saturated heterocycles. The summed E-state index contributed by atoms with van der Waals surface area (Å²) in [4.78, 5) is 26.6. The van der Waals surface area contributed by atoms with Crippen LogP contribution in [0.15, 0.2) is 42.5 Å². The number of benzene rings is 2. The number of carbonyl (C=O) groups excluding carboxylic acids is 2. The molecule has 1 amide bonds. The Morgan fingerprint density at radius 1 is 1.03 bits per heavy atom. The van der Waals surface area contributed by atoms with Crippen LogP contribution in [0.4, 0.5) is 5.69 Å². The highest BCUT2D eigenvalue weighted by molar-refractivity contribution is 5.96. The number of aryl methyl sites for hydroxylation is 1. The van der Waals surface area contributed by atoms with Crippen molar-refractivity contribution in [3.63, 3.8) is 0 Å². The molecule has 0 aliphatic heterocycles. The number of carbonyl (C=O) groups is 2. The topological polar surface area (TPSA) is 77.1 Å². The molecule has 0 aromatic heterocycles. The second-order valence-corrected chi connectivity index (χ2v) is 6.38. The fourth-order valence-corrected chi connectivity index (χ4v) is 2.93. The molecular formula is C22H28N2O5. The molecule has 7 heteroatoms. The summed E-state index contributed by atoms with van der Waals surface area (Å²) in [6.45, 7) is 5.64. The van der Waals surface area contributed by atoms with Crippen molar-refractivity contribution in [2.24, 2.45) is 0 Å². The number of ether oxygens (including phenoxy) is 3. The van der Waals surface area contributed by atoms with E-state index in [0.717, 1.165) is 12.2 Å². The van der Waals surface area contributed by atoms with Crippen LogP contribution in [0.1, 0.15) is 22.8 Å². The van der Waals surface area contributed by atoms with Crippen LogP contribution < -0.4 is 19.7 Å². The SMILES string of the molecule is CCN(CCNC(=O)COC(=O)c1c(OC)cccc1OC)c1cccc(C)c1. The second-order valence-electron chi connectivity index (χ2n) is 6.38. The van der Waals surface area contributed by atoms with Gasteiger partial charge in [-0.15, -0.1) is 0 Å². The zero-order valence-electron chi connectivity index (χ0n) is 17.4. The number of amides is 1. The average Bonchev–Trinajstić information content (AvgIpc) is 2.74. The highest BCUT2D eigenvalue weighted by atomic mass is 16.5. The Hall–Kier alpha value is -3.22. The molecule has 0 unspecified atom stereocenters. The maximum Gasteiger partial charge on any atom is 0.346 e. The monoisotopic (exact) mass is 400 g/mol. The number of nitrogens with one attached hydrogen (secondary N) is 1. The van der Waals surface area contributed by atoms with Crippen molar-refractivity contribution in [3.8, 4) is 11.5 Å². The third kappa shape index (κ3) is 6.14. The molecule has 0 fully saturated rings. The van der Waals surface area contributed by atoms with Crippen molar-refractivity contribution in [1.82, 2.24) is 5.32 Å². The number of rotatable bonds is 10. The summed E-state index contributed by atoms with van der Waals surface area (Å²) in [5.41, 5.74) is 2.45. The molecule has 2 rings (SSSR count). The second kappa shape index (κ2) is 10.9. The molecule has 29 heavy (non-hydrogen) atoms. The van der Waals surface area contributed by atoms with E-state index >= 15 is 0 Å². The van der Waals surface area contributed by atoms with Gasteiger partial charge in [0, 0.05) is 25.3 Å². The summed E-state index contributed by atoms with van der Waals surface area (Å²) in [5.74, 6) is -0.394. The third-order valence-electron chi connectivity index (χ3n) is 4.42. The van der Waals surface area contributed by atoms with Crippen LogP contribution in [0, 0.1) is 6.92 Å². The van der Waals surface area contributed by atoms with E-state index in [1.54, 1.807) is 18.2 Å². The quantitative estimate of drug-likeness (QED) is 0.618. The predicted molar refractivity (Wildman–Crippen MR) is 112 cm³/mol. The number of anilines is 1. The van der Waals surface area contributed by atoms with Gasteiger partial charge in [0.05, 0.1) is 14.2 Å². The summed E-state index contributed by atoms with van der Waals surface area (Å²) >= 11 is 0. The van der Waals surface area contributed by atoms with E-state index in [9.17, 15) is 9.59 Å². The van der Waals surface area contributed by atoms with E-state index in [2.05, 4.69) is 23.2 Å². The van der Waals surface area contributed by atoms with E-state index in [1.807, 2.05) is 25.1 Å². The van der Waals surface area contributed by atoms with Crippen LogP contribution >= 0.6 is 0 Å². The first-order chi connectivity index (χ1) is 14.0. The molecule has 0 aliphatic carbocycles. The Bertz CT molecular complexity index is 815. The maximum atomic E-state index is 12.4. The van der Waals surface area contributed by atoms with Gasteiger partial charge in [-0.2, -0.15) is 0 Å². The molecule has 0 radical (unpaired) electrons. The van der Waals surface area contributed by atoms with E-state index in [4.69, 9.17) is 14.2 Å². The largest absolute Gasteiger partial charge is 0.496 e. The molecule has 2 aromatic carbocycles. The van der Waals surface area contributed by atoms with Gasteiger partial charge in [0.1, 0.15) is 17.1 Å². The molecule has 7 nitrogen and oxygen atoms in total. The predicted octanol–water partition coefficient (Wildman–Crippen LogP) is 2.81. The van der Waals surface area contributed by atoms with Crippen molar-refractivity contribution >= 4 is 17.6 Å². The maximum absolute atomic E-state index is 12.4. The molecule has 0 saturated carbocycles. The number of esters is 1. The number of methoxy groups -OCH3 is 2. The molecule has 2 aromatic rings. The lowest BCUT2D eigenvalue weighted by Gasteiger charge is -2.23. The van der Waals surface area contributed by atoms with E-state index in [1.165, 1.54) is 19.8 Å². The van der Waals surface area contributed by atoms with Crippen molar-refractivity contribution in [3.05, 3.63) is 53.6 Å². The first kappa shape index (κ1) is 22.1. The van der Waals surface area contributed by atoms with Crippen LogP contribution in [-0.2, 0) is 9.53 Å². The van der Waals surface area contributed by atoms with E-state index in [-0.39, 0.29) is 18.1 Å². The van der Waals surface area contributed by atoms with Crippen LogP contribution in [0.5, 0.6) is 11.5 Å². The molecule has 0 bridgehead atoms. The van der Waals surface area contributed by atoms with Gasteiger partial charge in [-0.25, -0.2) is 4.79 Å². The number of hydrogen-bond donors (Lipinski definition) is 1. The van der Waals surface area contributed by atoms with Gasteiger partial charge in [0.25, 0.3) is 5.91 Å². The average molecular weight is 400 g/mol. The van der Waals surface area contributed by atoms with Gasteiger partial charge in [0.15, 0.2) is 6.61 Å². The first-order valence-corrected chi connectivity index (χ1v) is 9.46. The number of nitrogens with zero attached hydrogens (tertiary/aromatic N) is 1. The summed E-state index contributed by atoms with van der Waals surface area (Å²) in [7, 11) is 2.90. The Kier molecular flexibility index (Phi) is 8.33. The van der Waals surface area contributed by atoms with Crippen molar-refractivity contribution in [2.45, 2.75) is 13.8 Å². The fourth-order valence-electron chi connectivity index (χ4n) is 2.93. The van der Waals surface area contributed by atoms with Crippen molar-refractivity contribution in [1.29, 1.82) is 0 Å². The zero-order valence-corrected chi connectivity index (χ0v) is 17.4. The Morgan fingerprint density at radius 3 is 2.28 bits per heavy atom. The van der Waals surface area contributed by atoms with Gasteiger partial charge < -0.3 is 24.4 Å². The summed E-state index contributed by atoms with van der Waals surface area (Å²) in [5, 5.41) is 2.78. The molecule has 0 atom stereocenters. The van der Waals surface area contributed by atoms with Crippen LogP contribution in [-0.4, -0.2) is 52.3 Å². The van der Waals surface area contributed by atoms with Crippen molar-refractivity contribution < 1.29 is 23.8 Å². The fraction of sp³-hybridized carbons (Fsp3) is 0.364. The van der Waals surface area contributed by atoms with Crippen LogP contribution in [0.3, 0.4) is 0 Å². The molecule has 1 N–H and O–H groups in total. The minimum atomic E-state index is -0.676. The number of hydrogen-bond acceptors (Lipinski definition) is 6. The molecular weight excluding hydrogens is 372 g/mol. The summed E-state index contributed by atoms with van der Waals surface area (Å²) in [6, 6.07) is 13.2. The van der Waals surface area contributed by atoms with Crippen LogP contribution in [0.2, 0.25) is 0 Å². The van der Waals surface area contributed by atoms with Crippen molar-refractivity contribution in [2.75, 3.05) is 45.4 Å². The Balaban J connectivity index is 1.85. The lowest BCUT2D eigenvalue weighted by Crippen LogP contribution is -2.37. The summed E-state index contributed by atoms with van der Waals surface area (Å²) in [6.07, 6.45) is 0. The van der Waals surface area contributed by atoms with Crippen LogP contribution in [0.25, 0.3) is 0 Å². The minimum Gasteiger partial charge on any atom is -0.496 e. The Morgan fingerprint density at radius 2 is 1.69 bits per heavy atom. The Labute approximate surface area is 171 Å². The van der Waals surface area contributed by atoms with Gasteiger partial charge in [-0.1, -0.05) is 18.2 Å². The molecule has 156 valence electrons. The normalized spacial score (nSPS) is 10.2. The lowest BCUT2D eigenvalue weighted by atomic mass is 10.2. The van der Waals surface area contributed by atoms with E-state index < -0.39 is 5.97 Å². The smallest absolute Gasteiger partial charge is 0.346 e. The van der Waals surface area contributed by atoms with Gasteiger partial charge in [0.2, 0.25) is 0 Å². The van der Waals surface area contributed by atoms with Gasteiger partial charge >= 0.3 is 5.97 Å². The standard InChI is InChI=1S/C22H28N2O5/c1-5-24(17-9-6-8-16(2)14-17)13-12-23-20(25)15-29-22(26)21-18(27-3)10-7-11-19(21)28-4/h6-11,14H,5,12-13,15H2,1-4H3,(H,23,25). The van der Waals surface area contributed by atoms with Gasteiger partial charge in [-0.05, 0) is 43.7 Å². The molecule has 0 aliphatic rings. The first-order valence-electron chi connectivity index (χ1n) is 9.46. The minimum absolute atomic E-state index is 0.155. The lowest BCUT2D eigenvalue weighted by molar-refractivity contribution is -0.124. The summed E-state index contributed by atoms with van der Waals surface area (Å²) < 4.78 is 15.5. The highest BCUT2D eigenvalue weighted by Crippen LogP contribution is 2.28. The highest BCUT2D eigenvalue weighted by Gasteiger charge is 2.20. The zero-order chi connectivity index (χ0) is 21.2.